The fourth-order valence-electron chi connectivity index (χ4n) is 5.42. The van der Waals surface area contributed by atoms with Gasteiger partial charge >= 0.3 is 26.6 Å². The first kappa shape index (κ1) is 35.8. The Morgan fingerprint density at radius 2 is 1.09 bits per heavy atom. The molecule has 2 aliphatic rings. The van der Waals surface area contributed by atoms with Crippen LogP contribution in [0.1, 0.15) is 100 Å². The summed E-state index contributed by atoms with van der Waals surface area (Å²) in [6, 6.07) is 6.99. The van der Waals surface area contributed by atoms with Crippen molar-refractivity contribution in [3.05, 3.63) is 58.7 Å². The molecular formula is C30H36B2F6O6. The van der Waals surface area contributed by atoms with Crippen LogP contribution in [0.5, 0.6) is 0 Å². The molecule has 2 aromatic rings. The van der Waals surface area contributed by atoms with Crippen LogP contribution in [0.3, 0.4) is 0 Å². The van der Waals surface area contributed by atoms with Gasteiger partial charge in [0.25, 0.3) is 0 Å². The number of halogens is 6. The zero-order valence-corrected chi connectivity index (χ0v) is 25.9. The average molecular weight is 628 g/mol. The number of hydrogen-bond donors (Lipinski definition) is 0. The Balaban J connectivity index is 0.000000240. The molecule has 2 saturated heterocycles. The average Bonchev–Trinajstić information content (AvgIpc) is 2.85. The first-order valence-electron chi connectivity index (χ1n) is 14.1. The highest BCUT2D eigenvalue weighted by molar-refractivity contribution is 6.62. The van der Waals surface area contributed by atoms with E-state index in [-0.39, 0.29) is 28.8 Å². The van der Waals surface area contributed by atoms with E-state index >= 15 is 0 Å². The summed E-state index contributed by atoms with van der Waals surface area (Å²) >= 11 is 0. The molecule has 0 amide bonds. The van der Waals surface area contributed by atoms with Crippen LogP contribution in [0.25, 0.3) is 0 Å². The molecular weight excluding hydrogens is 592 g/mol. The van der Waals surface area contributed by atoms with Gasteiger partial charge < -0.3 is 18.6 Å². The van der Waals surface area contributed by atoms with Gasteiger partial charge in [0, 0.05) is 23.3 Å². The van der Waals surface area contributed by atoms with E-state index in [9.17, 15) is 35.9 Å². The zero-order valence-electron chi connectivity index (χ0n) is 25.9. The fourth-order valence-corrected chi connectivity index (χ4v) is 5.42. The van der Waals surface area contributed by atoms with E-state index in [2.05, 4.69) is 0 Å². The summed E-state index contributed by atoms with van der Waals surface area (Å²) in [5.74, 6) is -1.27. The summed E-state index contributed by atoms with van der Waals surface area (Å²) in [6.07, 6.45) is -8.05. The first-order chi connectivity index (χ1) is 20.0. The maximum atomic E-state index is 13.2. The van der Waals surface area contributed by atoms with Crippen molar-refractivity contribution in [2.75, 3.05) is 0 Å². The third-order valence-corrected chi connectivity index (χ3v) is 7.12. The minimum atomic E-state index is -4.60. The van der Waals surface area contributed by atoms with Crippen molar-refractivity contribution in [2.45, 2.75) is 104 Å². The van der Waals surface area contributed by atoms with E-state index in [4.69, 9.17) is 18.6 Å². The lowest BCUT2D eigenvalue weighted by molar-refractivity contribution is -0.138. The number of rotatable bonds is 4. The number of benzene rings is 2. The highest BCUT2D eigenvalue weighted by atomic mass is 19.4. The normalized spacial score (nSPS) is 21.8. The molecule has 6 nitrogen and oxygen atoms in total. The molecule has 0 radical (unpaired) electrons. The maximum Gasteiger partial charge on any atom is 0.494 e. The summed E-state index contributed by atoms with van der Waals surface area (Å²) in [4.78, 5) is 23.0. The van der Waals surface area contributed by atoms with Gasteiger partial charge in [-0.1, -0.05) is 24.3 Å². The van der Waals surface area contributed by atoms with Crippen molar-refractivity contribution in [1.82, 2.24) is 0 Å². The molecule has 44 heavy (non-hydrogen) atoms. The van der Waals surface area contributed by atoms with Crippen LogP contribution in [0.15, 0.2) is 36.4 Å². The molecule has 0 N–H and O–H groups in total. The number of ketones is 2. The van der Waals surface area contributed by atoms with Gasteiger partial charge in [-0.3, -0.25) is 9.59 Å². The Labute approximate surface area is 254 Å². The lowest BCUT2D eigenvalue weighted by Crippen LogP contribution is -2.52. The van der Waals surface area contributed by atoms with Crippen LogP contribution in [0.4, 0.5) is 26.3 Å². The number of alkyl halides is 6. The van der Waals surface area contributed by atoms with E-state index in [1.54, 1.807) is 0 Å². The third-order valence-electron chi connectivity index (χ3n) is 7.12. The van der Waals surface area contributed by atoms with Crippen LogP contribution in [0.2, 0.25) is 0 Å². The van der Waals surface area contributed by atoms with Crippen LogP contribution in [-0.2, 0) is 31.0 Å². The molecule has 0 spiro atoms. The SMILES string of the molecule is CC(=O)c1cc(B2OC(C)CC(C)(C)O2)ccc1C(F)(F)F.CC(=O)c1ccc(B2OC(C)CC(C)(C)O2)cc1C(F)(F)F. The second-order valence-electron chi connectivity index (χ2n) is 12.4. The molecule has 0 saturated carbocycles. The fraction of sp³-hybridized carbons (Fsp3) is 0.533. The van der Waals surface area contributed by atoms with E-state index in [1.807, 2.05) is 41.5 Å². The summed E-state index contributed by atoms with van der Waals surface area (Å²) in [7, 11) is -1.65. The molecule has 0 bridgehead atoms. The van der Waals surface area contributed by atoms with Gasteiger partial charge in [-0.2, -0.15) is 26.3 Å². The lowest BCUT2D eigenvalue weighted by Gasteiger charge is -2.38. The predicted molar refractivity (Wildman–Crippen MR) is 154 cm³/mol. The Hall–Kier alpha value is -2.67. The van der Waals surface area contributed by atoms with Crippen LogP contribution in [-0.4, -0.2) is 49.2 Å². The largest absolute Gasteiger partial charge is 0.494 e. The van der Waals surface area contributed by atoms with Gasteiger partial charge in [0.05, 0.1) is 22.3 Å². The highest BCUT2D eigenvalue weighted by Gasteiger charge is 2.42. The lowest BCUT2D eigenvalue weighted by atomic mass is 9.73. The van der Waals surface area contributed by atoms with Gasteiger partial charge in [-0.05, 0) is 91.3 Å². The topological polar surface area (TPSA) is 71.1 Å². The molecule has 2 aromatic carbocycles. The monoisotopic (exact) mass is 628 g/mol. The summed E-state index contributed by atoms with van der Waals surface area (Å²) in [5.41, 5.74) is -2.86. The summed E-state index contributed by atoms with van der Waals surface area (Å²) in [5, 5.41) is 0. The maximum absolute atomic E-state index is 13.2. The molecule has 4 rings (SSSR count). The van der Waals surface area contributed by atoms with Gasteiger partial charge in [-0.15, -0.1) is 0 Å². The molecule has 2 fully saturated rings. The second-order valence-corrected chi connectivity index (χ2v) is 12.4. The Morgan fingerprint density at radius 3 is 1.48 bits per heavy atom. The van der Waals surface area contributed by atoms with Crippen molar-refractivity contribution in [1.29, 1.82) is 0 Å². The second kappa shape index (κ2) is 13.0. The number of hydrogen-bond acceptors (Lipinski definition) is 6. The van der Waals surface area contributed by atoms with Gasteiger partial charge in [0.1, 0.15) is 0 Å². The number of carbonyl (C=O) groups excluding carboxylic acids is 2. The molecule has 14 heteroatoms. The smallest absolute Gasteiger partial charge is 0.405 e. The van der Waals surface area contributed by atoms with Crippen molar-refractivity contribution in [3.63, 3.8) is 0 Å². The standard InChI is InChI=1S/2C15H18BF3O3/c1-9-8-14(3,4)22-16(21-9)11-5-6-13(15(17,18)19)12(7-11)10(2)20;1-9-8-14(3,4)22-16(21-9)11-5-6-12(10(2)20)13(7-11)15(17,18)19/h2*5-7,9H,8H2,1-4H3. The molecule has 240 valence electrons. The predicted octanol–water partition coefficient (Wildman–Crippen LogP) is 6.41. The molecule has 2 aliphatic heterocycles. The Morgan fingerprint density at radius 1 is 0.682 bits per heavy atom. The Kier molecular flexibility index (Phi) is 10.6. The van der Waals surface area contributed by atoms with Gasteiger partial charge in [0.2, 0.25) is 0 Å². The molecule has 2 atom stereocenters. The minimum Gasteiger partial charge on any atom is -0.405 e. The van der Waals surface area contributed by atoms with Crippen LogP contribution >= 0.6 is 0 Å². The van der Waals surface area contributed by atoms with Gasteiger partial charge in [0.15, 0.2) is 11.6 Å². The molecule has 2 heterocycles. The summed E-state index contributed by atoms with van der Waals surface area (Å²) in [6.45, 7) is 13.5. The van der Waals surface area contributed by atoms with Crippen molar-refractivity contribution < 1.29 is 54.5 Å². The van der Waals surface area contributed by atoms with Crippen LogP contribution in [0, 0.1) is 0 Å². The first-order valence-corrected chi connectivity index (χ1v) is 14.1. The Bertz CT molecular complexity index is 1370. The van der Waals surface area contributed by atoms with E-state index in [0.29, 0.717) is 18.3 Å². The van der Waals surface area contributed by atoms with Gasteiger partial charge in [-0.25, -0.2) is 0 Å². The van der Waals surface area contributed by atoms with E-state index in [1.165, 1.54) is 24.3 Å². The van der Waals surface area contributed by atoms with Crippen molar-refractivity contribution in [2.24, 2.45) is 0 Å². The quantitative estimate of drug-likeness (QED) is 0.222. The number of carbonyl (C=O) groups is 2. The van der Waals surface area contributed by atoms with Crippen LogP contribution < -0.4 is 10.9 Å². The van der Waals surface area contributed by atoms with Crippen molar-refractivity contribution in [3.8, 4) is 0 Å². The van der Waals surface area contributed by atoms with E-state index < -0.39 is 60.5 Å². The van der Waals surface area contributed by atoms with Crippen molar-refractivity contribution >= 4 is 36.7 Å². The molecule has 2 unspecified atom stereocenters. The minimum absolute atomic E-state index is 0.0863. The zero-order chi connectivity index (χ0) is 33.4. The van der Waals surface area contributed by atoms with E-state index in [0.717, 1.165) is 26.0 Å². The molecule has 0 aliphatic carbocycles. The molecule has 0 aromatic heterocycles. The highest BCUT2D eigenvalue weighted by Crippen LogP contribution is 2.34. The number of Topliss-reactive ketones (excluding diaryl/α,β-unsaturated/α-hetero) is 2. The summed E-state index contributed by atoms with van der Waals surface area (Å²) < 4.78 is 101. The third kappa shape index (κ3) is 9.18.